The van der Waals surface area contributed by atoms with Crippen molar-refractivity contribution < 1.29 is 9.47 Å². The van der Waals surface area contributed by atoms with Gasteiger partial charge in [0.05, 0.1) is 17.1 Å². The molecule has 2 aromatic carbocycles. The van der Waals surface area contributed by atoms with Crippen LogP contribution in [0.2, 0.25) is 0 Å². The minimum atomic E-state index is -0.138. The van der Waals surface area contributed by atoms with E-state index in [1.165, 1.54) is 10.9 Å². The molecule has 0 fully saturated rings. The van der Waals surface area contributed by atoms with Crippen LogP contribution in [0.25, 0.3) is 31.4 Å². The normalized spacial score (nSPS) is 12.1. The fourth-order valence-corrected chi connectivity index (χ4v) is 5.28. The number of thiophene rings is 1. The minimum absolute atomic E-state index is 0.138. The fourth-order valence-electron chi connectivity index (χ4n) is 4.25. The molecule has 178 valence electrons. The van der Waals surface area contributed by atoms with Crippen LogP contribution < -0.4 is 15.2 Å². The second-order valence-electron chi connectivity index (χ2n) is 8.62. The van der Waals surface area contributed by atoms with Crippen LogP contribution >= 0.6 is 11.3 Å². The second kappa shape index (κ2) is 9.81. The van der Waals surface area contributed by atoms with Gasteiger partial charge in [-0.25, -0.2) is 0 Å². The highest BCUT2D eigenvalue weighted by atomic mass is 32.1. The number of aromatic amines is 1. The van der Waals surface area contributed by atoms with Crippen molar-refractivity contribution in [2.45, 2.75) is 12.5 Å². The first-order chi connectivity index (χ1) is 17.7. The molecule has 0 saturated heterocycles. The van der Waals surface area contributed by atoms with Crippen LogP contribution in [0.5, 0.6) is 17.2 Å². The van der Waals surface area contributed by atoms with E-state index in [0.29, 0.717) is 12.4 Å². The monoisotopic (exact) mass is 492 g/mol. The lowest BCUT2D eigenvalue weighted by molar-refractivity contribution is 0.287. The van der Waals surface area contributed by atoms with E-state index < -0.39 is 0 Å². The maximum Gasteiger partial charge on any atom is 0.154 e. The standard InChI is InChI=1S/C29H24N4O2S/c30-21(10-19-14-33-26-9-5-4-8-24(19)26)18-34-23-11-20(13-31-15-23)28-12-25-27(16-32-17-29(25)36-28)35-22-6-2-1-3-7-22/h1-9,11-17,21,33H,10,18,30H2/t21-/m0/s1. The quantitative estimate of drug-likeness (QED) is 0.251. The number of nitrogens with one attached hydrogen (secondary N) is 1. The highest BCUT2D eigenvalue weighted by Gasteiger charge is 2.13. The molecule has 1 atom stereocenters. The SMILES string of the molecule is N[C@H](COc1cncc(-c2cc3c(Oc4ccccc4)cncc3s2)c1)Cc1c[nH]c2ccccc12. The topological polar surface area (TPSA) is 86.1 Å². The van der Waals surface area contributed by atoms with E-state index in [-0.39, 0.29) is 6.04 Å². The van der Waals surface area contributed by atoms with Gasteiger partial charge >= 0.3 is 0 Å². The Kier molecular flexibility index (Phi) is 6.07. The van der Waals surface area contributed by atoms with E-state index in [2.05, 4.69) is 33.2 Å². The van der Waals surface area contributed by atoms with Crippen LogP contribution in [-0.2, 0) is 6.42 Å². The lowest BCUT2D eigenvalue weighted by Crippen LogP contribution is -2.30. The first kappa shape index (κ1) is 22.3. The van der Waals surface area contributed by atoms with Crippen LogP contribution in [-0.4, -0.2) is 27.6 Å². The Bertz CT molecular complexity index is 1630. The van der Waals surface area contributed by atoms with E-state index in [4.69, 9.17) is 15.2 Å². The van der Waals surface area contributed by atoms with Crippen molar-refractivity contribution in [3.05, 3.63) is 103 Å². The average molecular weight is 493 g/mol. The summed E-state index contributed by atoms with van der Waals surface area (Å²) in [5, 5.41) is 2.22. The Labute approximate surface area is 212 Å². The average Bonchev–Trinajstić information content (AvgIpc) is 3.54. The number of nitrogens with two attached hydrogens (primary N) is 1. The van der Waals surface area contributed by atoms with Crippen molar-refractivity contribution >= 4 is 32.3 Å². The third-order valence-electron chi connectivity index (χ3n) is 6.00. The summed E-state index contributed by atoms with van der Waals surface area (Å²) in [4.78, 5) is 13.1. The molecule has 0 bridgehead atoms. The molecule has 4 aromatic heterocycles. The van der Waals surface area contributed by atoms with E-state index in [9.17, 15) is 0 Å². The predicted molar refractivity (Wildman–Crippen MR) is 145 cm³/mol. The molecular weight excluding hydrogens is 468 g/mol. The highest BCUT2D eigenvalue weighted by Crippen LogP contribution is 2.39. The molecule has 6 aromatic rings. The number of nitrogens with zero attached hydrogens (tertiary/aromatic N) is 2. The number of fused-ring (bicyclic) bond motifs is 2. The molecule has 0 aliphatic heterocycles. The van der Waals surface area contributed by atoms with Gasteiger partial charge in [-0.2, -0.15) is 0 Å². The zero-order valence-corrected chi connectivity index (χ0v) is 20.2. The van der Waals surface area contributed by atoms with Crippen molar-refractivity contribution in [1.82, 2.24) is 15.0 Å². The van der Waals surface area contributed by atoms with Crippen LogP contribution in [0.3, 0.4) is 0 Å². The van der Waals surface area contributed by atoms with Gasteiger partial charge in [0.2, 0.25) is 0 Å². The molecule has 0 unspecified atom stereocenters. The van der Waals surface area contributed by atoms with Gasteiger partial charge in [0.15, 0.2) is 5.75 Å². The maximum absolute atomic E-state index is 6.41. The molecule has 6 nitrogen and oxygen atoms in total. The van der Waals surface area contributed by atoms with Gasteiger partial charge in [-0.3, -0.25) is 9.97 Å². The number of aromatic nitrogens is 3. The lowest BCUT2D eigenvalue weighted by Gasteiger charge is -2.13. The number of hydrogen-bond acceptors (Lipinski definition) is 6. The van der Waals surface area contributed by atoms with Gasteiger partial charge in [0.25, 0.3) is 0 Å². The van der Waals surface area contributed by atoms with E-state index in [0.717, 1.165) is 44.0 Å². The summed E-state index contributed by atoms with van der Waals surface area (Å²) < 4.78 is 13.2. The molecular formula is C29H24N4O2S. The van der Waals surface area contributed by atoms with E-state index in [1.807, 2.05) is 67.1 Å². The molecule has 0 amide bonds. The molecule has 0 spiro atoms. The first-order valence-electron chi connectivity index (χ1n) is 11.7. The summed E-state index contributed by atoms with van der Waals surface area (Å²) in [6, 6.07) is 21.9. The van der Waals surface area contributed by atoms with E-state index >= 15 is 0 Å². The van der Waals surface area contributed by atoms with Gasteiger partial charge in [-0.15, -0.1) is 11.3 Å². The van der Waals surface area contributed by atoms with Gasteiger partial charge in [0.1, 0.15) is 18.1 Å². The maximum atomic E-state index is 6.41. The number of rotatable bonds is 8. The van der Waals surface area contributed by atoms with Crippen molar-refractivity contribution in [2.75, 3.05) is 6.61 Å². The largest absolute Gasteiger partial charge is 0.490 e. The third-order valence-corrected chi connectivity index (χ3v) is 7.12. The molecule has 0 saturated carbocycles. The Morgan fingerprint density at radius 1 is 0.861 bits per heavy atom. The summed E-state index contributed by atoms with van der Waals surface area (Å²) in [6.45, 7) is 0.399. The molecule has 36 heavy (non-hydrogen) atoms. The summed E-state index contributed by atoms with van der Waals surface area (Å²) in [7, 11) is 0. The van der Waals surface area contributed by atoms with Crippen molar-refractivity contribution in [2.24, 2.45) is 5.73 Å². The van der Waals surface area contributed by atoms with Gasteiger partial charge in [-0.1, -0.05) is 36.4 Å². The van der Waals surface area contributed by atoms with Gasteiger partial charge in [0, 0.05) is 51.4 Å². The van der Waals surface area contributed by atoms with Crippen LogP contribution in [0, 0.1) is 0 Å². The molecule has 0 aliphatic rings. The Morgan fingerprint density at radius 2 is 1.69 bits per heavy atom. The molecule has 6 rings (SSSR count). The van der Waals surface area contributed by atoms with Crippen LogP contribution in [0.1, 0.15) is 5.56 Å². The van der Waals surface area contributed by atoms with Crippen molar-refractivity contribution in [1.29, 1.82) is 0 Å². The third kappa shape index (κ3) is 4.66. The number of pyridine rings is 2. The molecule has 4 heterocycles. The molecule has 0 aliphatic carbocycles. The smallest absolute Gasteiger partial charge is 0.154 e. The summed E-state index contributed by atoms with van der Waals surface area (Å²) in [5.41, 5.74) is 9.70. The summed E-state index contributed by atoms with van der Waals surface area (Å²) in [5.74, 6) is 2.20. The van der Waals surface area contributed by atoms with Crippen LogP contribution in [0.15, 0.2) is 97.7 Å². The summed E-state index contributed by atoms with van der Waals surface area (Å²) >= 11 is 1.65. The Morgan fingerprint density at radius 3 is 2.61 bits per heavy atom. The number of ether oxygens (including phenoxy) is 2. The number of H-pyrrole nitrogens is 1. The van der Waals surface area contributed by atoms with E-state index in [1.54, 1.807) is 23.7 Å². The summed E-state index contributed by atoms with van der Waals surface area (Å²) in [6.07, 6.45) is 9.93. The second-order valence-corrected chi connectivity index (χ2v) is 9.70. The van der Waals surface area contributed by atoms with Crippen molar-refractivity contribution in [3.63, 3.8) is 0 Å². The fraction of sp³-hybridized carbons (Fsp3) is 0.103. The highest BCUT2D eigenvalue weighted by molar-refractivity contribution is 7.22. The van der Waals surface area contributed by atoms with Crippen molar-refractivity contribution in [3.8, 4) is 27.7 Å². The number of benzene rings is 2. The first-order valence-corrected chi connectivity index (χ1v) is 12.5. The zero-order chi connectivity index (χ0) is 24.3. The number of para-hydroxylation sites is 2. The molecule has 3 N–H and O–H groups in total. The Balaban J connectivity index is 1.17. The van der Waals surface area contributed by atoms with Gasteiger partial charge < -0.3 is 20.2 Å². The minimum Gasteiger partial charge on any atom is -0.490 e. The molecule has 0 radical (unpaired) electrons. The predicted octanol–water partition coefficient (Wildman–Crippen LogP) is 6.58. The van der Waals surface area contributed by atoms with Crippen LogP contribution in [0.4, 0.5) is 0 Å². The lowest BCUT2D eigenvalue weighted by atomic mass is 10.1. The Hall–Kier alpha value is -4.20. The number of hydrogen-bond donors (Lipinski definition) is 2. The van der Waals surface area contributed by atoms with Gasteiger partial charge in [-0.05, 0) is 42.3 Å². The molecule has 7 heteroatoms. The zero-order valence-electron chi connectivity index (χ0n) is 19.4.